The van der Waals surface area contributed by atoms with Gasteiger partial charge in [-0.25, -0.2) is 13.2 Å². The highest BCUT2D eigenvalue weighted by Crippen LogP contribution is 2.22. The summed E-state index contributed by atoms with van der Waals surface area (Å²) in [6, 6.07) is 4.32. The van der Waals surface area contributed by atoms with Gasteiger partial charge in [0.2, 0.25) is 0 Å². The Morgan fingerprint density at radius 3 is 2.60 bits per heavy atom. The molecule has 1 aromatic carbocycles. The van der Waals surface area contributed by atoms with Gasteiger partial charge in [-0.3, -0.25) is 0 Å². The van der Waals surface area contributed by atoms with Crippen molar-refractivity contribution in [1.82, 2.24) is 0 Å². The van der Waals surface area contributed by atoms with Crippen molar-refractivity contribution in [2.24, 2.45) is 0 Å². The number of ether oxygens (including phenoxy) is 2. The summed E-state index contributed by atoms with van der Waals surface area (Å²) in [6.45, 7) is 2.74. The van der Waals surface area contributed by atoms with E-state index < -0.39 is 15.0 Å². The molecule has 0 spiro atoms. The first-order chi connectivity index (χ1) is 9.38. The average Bonchev–Trinajstić information content (AvgIpc) is 2.39. The quantitative estimate of drug-likeness (QED) is 0.631. The Hall–Kier alpha value is -1.11. The van der Waals surface area contributed by atoms with Gasteiger partial charge in [-0.2, -0.15) is 0 Å². The lowest BCUT2D eigenvalue weighted by atomic mass is 10.1. The Bertz CT molecular complexity index is 605. The zero-order chi connectivity index (χ0) is 14.8. The SMILES string of the molecule is Cc1ccc(C(=O)OC2CCOCC2)cc1S(=O)(=O)Cl. The van der Waals surface area contributed by atoms with Crippen LogP contribution in [0.25, 0.3) is 0 Å². The van der Waals surface area contributed by atoms with Gasteiger partial charge in [-0.05, 0) is 24.6 Å². The third-order valence-electron chi connectivity index (χ3n) is 3.13. The van der Waals surface area contributed by atoms with E-state index in [1.54, 1.807) is 6.92 Å². The van der Waals surface area contributed by atoms with Crippen molar-refractivity contribution in [3.63, 3.8) is 0 Å². The fraction of sp³-hybridized carbons (Fsp3) is 0.462. The van der Waals surface area contributed by atoms with Crippen LogP contribution in [0.4, 0.5) is 0 Å². The number of carbonyl (C=O) groups excluding carboxylic acids is 1. The van der Waals surface area contributed by atoms with Crippen LogP contribution >= 0.6 is 10.7 Å². The van der Waals surface area contributed by atoms with Crippen molar-refractivity contribution >= 4 is 25.7 Å². The van der Waals surface area contributed by atoms with Crippen molar-refractivity contribution in [2.45, 2.75) is 30.8 Å². The van der Waals surface area contributed by atoms with E-state index in [0.29, 0.717) is 31.6 Å². The number of esters is 1. The number of halogens is 1. The Balaban J connectivity index is 2.18. The highest BCUT2D eigenvalue weighted by atomic mass is 35.7. The molecule has 0 aromatic heterocycles. The molecule has 2 rings (SSSR count). The first kappa shape index (κ1) is 15.3. The van der Waals surface area contributed by atoms with Crippen molar-refractivity contribution in [2.75, 3.05) is 13.2 Å². The normalized spacial score (nSPS) is 16.9. The van der Waals surface area contributed by atoms with Crippen LogP contribution in [-0.2, 0) is 18.5 Å². The predicted octanol–water partition coefficient (Wildman–Crippen LogP) is 2.26. The standard InChI is InChI=1S/C13H15ClO5S/c1-9-2-3-10(8-12(9)20(14,16)17)13(15)19-11-4-6-18-7-5-11/h2-3,8,11H,4-7H2,1H3. The molecular formula is C13H15ClO5S. The highest BCUT2D eigenvalue weighted by Gasteiger charge is 2.21. The molecule has 1 aromatic rings. The predicted molar refractivity (Wildman–Crippen MR) is 73.5 cm³/mol. The summed E-state index contributed by atoms with van der Waals surface area (Å²) < 4.78 is 33.3. The van der Waals surface area contributed by atoms with Crippen LogP contribution in [0.1, 0.15) is 28.8 Å². The second kappa shape index (κ2) is 6.11. The van der Waals surface area contributed by atoms with Crippen molar-refractivity contribution in [3.8, 4) is 0 Å². The molecule has 0 unspecified atom stereocenters. The molecule has 0 atom stereocenters. The summed E-state index contributed by atoms with van der Waals surface area (Å²) in [4.78, 5) is 11.9. The topological polar surface area (TPSA) is 69.7 Å². The van der Waals surface area contributed by atoms with Crippen molar-refractivity contribution < 1.29 is 22.7 Å². The highest BCUT2D eigenvalue weighted by molar-refractivity contribution is 8.13. The van der Waals surface area contributed by atoms with E-state index in [-0.39, 0.29) is 16.6 Å². The molecule has 110 valence electrons. The number of benzene rings is 1. The number of aryl methyl sites for hydroxylation is 1. The maximum atomic E-state index is 12.0. The molecule has 1 aliphatic rings. The molecule has 0 amide bonds. The van der Waals surface area contributed by atoms with Gasteiger partial charge in [0.15, 0.2) is 0 Å². The summed E-state index contributed by atoms with van der Waals surface area (Å²) in [5.74, 6) is -0.543. The van der Waals surface area contributed by atoms with Crippen LogP contribution < -0.4 is 0 Å². The maximum Gasteiger partial charge on any atom is 0.338 e. The molecule has 0 aliphatic carbocycles. The fourth-order valence-electron chi connectivity index (χ4n) is 2.00. The molecule has 0 radical (unpaired) electrons. The van der Waals surface area contributed by atoms with Crippen LogP contribution in [0, 0.1) is 6.92 Å². The van der Waals surface area contributed by atoms with E-state index in [0.717, 1.165) is 0 Å². The van der Waals surface area contributed by atoms with Crippen molar-refractivity contribution in [3.05, 3.63) is 29.3 Å². The number of carbonyl (C=O) groups is 1. The largest absolute Gasteiger partial charge is 0.459 e. The summed E-state index contributed by atoms with van der Waals surface area (Å²) in [6.07, 6.45) is 1.12. The fourth-order valence-corrected chi connectivity index (χ4v) is 3.22. The van der Waals surface area contributed by atoms with E-state index in [9.17, 15) is 13.2 Å². The maximum absolute atomic E-state index is 12.0. The molecule has 5 nitrogen and oxygen atoms in total. The van der Waals surface area contributed by atoms with E-state index in [1.165, 1.54) is 18.2 Å². The van der Waals surface area contributed by atoms with Crippen LogP contribution in [0.2, 0.25) is 0 Å². The van der Waals surface area contributed by atoms with Gasteiger partial charge in [0.1, 0.15) is 6.10 Å². The van der Waals surface area contributed by atoms with E-state index in [4.69, 9.17) is 20.2 Å². The van der Waals surface area contributed by atoms with Gasteiger partial charge >= 0.3 is 5.97 Å². The van der Waals surface area contributed by atoms with Crippen LogP contribution in [0.5, 0.6) is 0 Å². The molecule has 1 fully saturated rings. The first-order valence-electron chi connectivity index (χ1n) is 6.22. The Kier molecular flexibility index (Phi) is 4.67. The molecule has 1 aliphatic heterocycles. The van der Waals surface area contributed by atoms with E-state index in [2.05, 4.69) is 0 Å². The second-order valence-corrected chi connectivity index (χ2v) is 7.17. The molecule has 0 saturated carbocycles. The minimum absolute atomic E-state index is 0.0689. The van der Waals surface area contributed by atoms with Crippen LogP contribution in [0.15, 0.2) is 23.1 Å². The first-order valence-corrected chi connectivity index (χ1v) is 8.53. The van der Waals surface area contributed by atoms with Crippen molar-refractivity contribution in [1.29, 1.82) is 0 Å². The smallest absolute Gasteiger partial charge is 0.338 e. The Morgan fingerprint density at radius 2 is 2.00 bits per heavy atom. The number of hydrogen-bond acceptors (Lipinski definition) is 5. The van der Waals surface area contributed by atoms with Gasteiger partial charge in [-0.15, -0.1) is 0 Å². The summed E-state index contributed by atoms with van der Waals surface area (Å²) in [7, 11) is 1.46. The molecule has 1 heterocycles. The zero-order valence-electron chi connectivity index (χ0n) is 11.0. The average molecular weight is 319 g/mol. The third-order valence-corrected chi connectivity index (χ3v) is 4.59. The third kappa shape index (κ3) is 3.71. The molecule has 20 heavy (non-hydrogen) atoms. The Morgan fingerprint density at radius 1 is 1.35 bits per heavy atom. The molecule has 7 heteroatoms. The van der Waals surface area contributed by atoms with Gasteiger partial charge in [0.25, 0.3) is 9.05 Å². The van der Waals surface area contributed by atoms with Crippen LogP contribution in [-0.4, -0.2) is 33.7 Å². The molecule has 0 N–H and O–H groups in total. The monoisotopic (exact) mass is 318 g/mol. The Labute approximate surface area is 122 Å². The van der Waals surface area contributed by atoms with Crippen LogP contribution in [0.3, 0.4) is 0 Å². The number of hydrogen-bond donors (Lipinski definition) is 0. The van der Waals surface area contributed by atoms with E-state index >= 15 is 0 Å². The molecular weight excluding hydrogens is 304 g/mol. The molecule has 0 bridgehead atoms. The number of rotatable bonds is 3. The van der Waals surface area contributed by atoms with Gasteiger partial charge in [0.05, 0.1) is 23.7 Å². The van der Waals surface area contributed by atoms with Gasteiger partial charge < -0.3 is 9.47 Å². The molecule has 1 saturated heterocycles. The minimum Gasteiger partial charge on any atom is -0.459 e. The lowest BCUT2D eigenvalue weighted by Gasteiger charge is -2.22. The van der Waals surface area contributed by atoms with Gasteiger partial charge in [-0.1, -0.05) is 6.07 Å². The lowest BCUT2D eigenvalue weighted by Crippen LogP contribution is -2.26. The lowest BCUT2D eigenvalue weighted by molar-refractivity contribution is -0.0159. The zero-order valence-corrected chi connectivity index (χ0v) is 12.5. The summed E-state index contributed by atoms with van der Waals surface area (Å²) >= 11 is 0. The van der Waals surface area contributed by atoms with E-state index in [1.807, 2.05) is 0 Å². The summed E-state index contributed by atoms with van der Waals surface area (Å²) in [5, 5.41) is 0. The van der Waals surface area contributed by atoms with Gasteiger partial charge in [0, 0.05) is 23.5 Å². The second-order valence-electron chi connectivity index (χ2n) is 4.64. The summed E-state index contributed by atoms with van der Waals surface area (Å²) in [5.41, 5.74) is 0.670. The minimum atomic E-state index is -3.88.